The van der Waals surface area contributed by atoms with Crippen LogP contribution in [0.25, 0.3) is 0 Å². The highest BCUT2D eigenvalue weighted by Crippen LogP contribution is 2.29. The number of hydrogen-bond donors (Lipinski definition) is 0. The minimum atomic E-state index is 0.537. The Kier molecular flexibility index (Phi) is 6.12. The molecular formula is C20H21ClN2O3. The molecule has 0 aliphatic carbocycles. The molecule has 0 bridgehead atoms. The number of nitrogens with zero attached hydrogens (tertiary/aromatic N) is 2. The highest BCUT2D eigenvalue weighted by Gasteiger charge is 2.11. The fraction of sp³-hybridized carbons (Fsp3) is 0.300. The molecule has 0 amide bonds. The molecule has 0 radical (unpaired) electrons. The molecule has 136 valence electrons. The second kappa shape index (κ2) is 8.72. The van der Waals surface area contributed by atoms with Crippen LogP contribution in [0.1, 0.15) is 36.8 Å². The van der Waals surface area contributed by atoms with Gasteiger partial charge in [-0.3, -0.25) is 0 Å². The van der Waals surface area contributed by atoms with Crippen LogP contribution >= 0.6 is 11.6 Å². The van der Waals surface area contributed by atoms with Gasteiger partial charge in [0, 0.05) is 5.02 Å². The van der Waals surface area contributed by atoms with Crippen molar-refractivity contribution in [1.29, 1.82) is 0 Å². The van der Waals surface area contributed by atoms with E-state index in [2.05, 4.69) is 10.2 Å². The van der Waals surface area contributed by atoms with Gasteiger partial charge in [-0.2, -0.15) is 0 Å². The minimum absolute atomic E-state index is 0.537. The molecule has 0 N–H and O–H groups in total. The number of rotatable bonds is 8. The molecule has 3 rings (SSSR count). The van der Waals surface area contributed by atoms with Crippen LogP contribution in [0.2, 0.25) is 5.02 Å². The first-order valence-corrected chi connectivity index (χ1v) is 9.00. The average Bonchev–Trinajstić information content (AvgIpc) is 3.04. The Balaban J connectivity index is 1.71. The van der Waals surface area contributed by atoms with Crippen LogP contribution in [-0.4, -0.2) is 23.4 Å². The van der Waals surface area contributed by atoms with E-state index in [0.29, 0.717) is 42.9 Å². The van der Waals surface area contributed by atoms with Gasteiger partial charge in [-0.05, 0) is 49.2 Å². The number of halogens is 1. The Hall–Kier alpha value is -2.53. The van der Waals surface area contributed by atoms with Gasteiger partial charge >= 0.3 is 0 Å². The molecule has 0 aliphatic rings. The van der Waals surface area contributed by atoms with Gasteiger partial charge in [0.2, 0.25) is 11.8 Å². The quantitative estimate of drug-likeness (QED) is 0.573. The molecule has 2 aromatic carbocycles. The maximum absolute atomic E-state index is 6.01. The first-order valence-electron chi connectivity index (χ1n) is 8.62. The lowest BCUT2D eigenvalue weighted by Crippen LogP contribution is -1.99. The third-order valence-corrected chi connectivity index (χ3v) is 3.95. The van der Waals surface area contributed by atoms with Crippen molar-refractivity contribution in [2.75, 3.05) is 13.2 Å². The maximum atomic E-state index is 6.01. The van der Waals surface area contributed by atoms with E-state index in [1.54, 1.807) is 0 Å². The Morgan fingerprint density at radius 1 is 0.846 bits per heavy atom. The predicted molar refractivity (Wildman–Crippen MR) is 100 cm³/mol. The van der Waals surface area contributed by atoms with Gasteiger partial charge in [-0.1, -0.05) is 29.8 Å². The Labute approximate surface area is 157 Å². The molecule has 5 nitrogen and oxygen atoms in total. The van der Waals surface area contributed by atoms with Gasteiger partial charge in [0.15, 0.2) is 11.5 Å². The average molecular weight is 373 g/mol. The van der Waals surface area contributed by atoms with Gasteiger partial charge in [0.25, 0.3) is 0 Å². The molecule has 0 fully saturated rings. The first-order chi connectivity index (χ1) is 12.7. The van der Waals surface area contributed by atoms with Gasteiger partial charge < -0.3 is 13.9 Å². The maximum Gasteiger partial charge on any atom is 0.220 e. The number of aromatic nitrogens is 2. The Bertz CT molecular complexity index is 864. The lowest BCUT2D eigenvalue weighted by Gasteiger charge is -2.11. The van der Waals surface area contributed by atoms with Crippen molar-refractivity contribution < 1.29 is 13.9 Å². The van der Waals surface area contributed by atoms with Crippen molar-refractivity contribution in [1.82, 2.24) is 10.2 Å². The summed E-state index contributed by atoms with van der Waals surface area (Å²) in [5.74, 6) is 2.60. The van der Waals surface area contributed by atoms with Gasteiger partial charge in [0.1, 0.15) is 0 Å². The summed E-state index contributed by atoms with van der Waals surface area (Å²) in [6, 6.07) is 13.5. The van der Waals surface area contributed by atoms with Gasteiger partial charge in [-0.25, -0.2) is 0 Å². The zero-order valence-corrected chi connectivity index (χ0v) is 15.6. The van der Waals surface area contributed by atoms with Crippen LogP contribution in [0.5, 0.6) is 11.5 Å². The first kappa shape index (κ1) is 18.3. The van der Waals surface area contributed by atoms with Crippen molar-refractivity contribution in [3.63, 3.8) is 0 Å². The van der Waals surface area contributed by atoms with E-state index < -0.39 is 0 Å². The zero-order chi connectivity index (χ0) is 18.4. The van der Waals surface area contributed by atoms with E-state index in [1.165, 1.54) is 0 Å². The largest absolute Gasteiger partial charge is 0.490 e. The SMILES string of the molecule is CCOc1ccc(Cc2nnc(Cc3cccc(Cl)c3)o2)cc1OCC. The van der Waals surface area contributed by atoms with Gasteiger partial charge in [-0.15, -0.1) is 10.2 Å². The van der Waals surface area contributed by atoms with Crippen LogP contribution in [0.4, 0.5) is 0 Å². The lowest BCUT2D eigenvalue weighted by atomic mass is 10.1. The van der Waals surface area contributed by atoms with E-state index in [4.69, 9.17) is 25.5 Å². The minimum Gasteiger partial charge on any atom is -0.490 e. The molecule has 1 aromatic heterocycles. The Morgan fingerprint density at radius 2 is 1.50 bits per heavy atom. The predicted octanol–water partition coefficient (Wildman–Crippen LogP) is 4.70. The molecule has 0 atom stereocenters. The molecule has 0 spiro atoms. The van der Waals surface area contributed by atoms with E-state index in [9.17, 15) is 0 Å². The third kappa shape index (κ3) is 4.76. The van der Waals surface area contributed by atoms with Crippen molar-refractivity contribution in [3.05, 3.63) is 70.4 Å². The van der Waals surface area contributed by atoms with Crippen molar-refractivity contribution in [3.8, 4) is 11.5 Å². The molecule has 1 heterocycles. The van der Waals surface area contributed by atoms with Crippen LogP contribution in [0, 0.1) is 0 Å². The summed E-state index contributed by atoms with van der Waals surface area (Å²) in [6.07, 6.45) is 1.09. The standard InChI is InChI=1S/C20H21ClN2O3/c1-3-24-17-9-8-15(11-18(17)25-4-2)13-20-23-22-19(26-20)12-14-6-5-7-16(21)10-14/h5-11H,3-4,12-13H2,1-2H3. The van der Waals surface area contributed by atoms with E-state index in [-0.39, 0.29) is 0 Å². The molecule has 0 aliphatic heterocycles. The third-order valence-electron chi connectivity index (χ3n) is 3.72. The van der Waals surface area contributed by atoms with Crippen LogP contribution in [-0.2, 0) is 12.8 Å². The summed E-state index contributed by atoms with van der Waals surface area (Å²) in [4.78, 5) is 0. The fourth-order valence-corrected chi connectivity index (χ4v) is 2.85. The molecule has 6 heteroatoms. The monoisotopic (exact) mass is 372 g/mol. The Morgan fingerprint density at radius 3 is 2.15 bits per heavy atom. The normalized spacial score (nSPS) is 10.7. The van der Waals surface area contributed by atoms with E-state index >= 15 is 0 Å². The van der Waals surface area contributed by atoms with E-state index in [1.807, 2.05) is 56.3 Å². The van der Waals surface area contributed by atoms with Crippen molar-refractivity contribution >= 4 is 11.6 Å². The second-order valence-electron chi connectivity index (χ2n) is 5.72. The molecule has 3 aromatic rings. The summed E-state index contributed by atoms with van der Waals surface area (Å²) in [6.45, 7) is 5.07. The van der Waals surface area contributed by atoms with Crippen LogP contribution in [0.15, 0.2) is 46.9 Å². The molecular weight excluding hydrogens is 352 g/mol. The number of benzene rings is 2. The molecule has 0 unspecified atom stereocenters. The summed E-state index contributed by atoms with van der Waals surface area (Å²) >= 11 is 6.01. The second-order valence-corrected chi connectivity index (χ2v) is 6.16. The number of hydrogen-bond acceptors (Lipinski definition) is 5. The fourth-order valence-electron chi connectivity index (χ4n) is 2.63. The highest BCUT2D eigenvalue weighted by molar-refractivity contribution is 6.30. The van der Waals surface area contributed by atoms with Crippen molar-refractivity contribution in [2.24, 2.45) is 0 Å². The van der Waals surface area contributed by atoms with E-state index in [0.717, 1.165) is 22.6 Å². The van der Waals surface area contributed by atoms with Crippen LogP contribution < -0.4 is 9.47 Å². The molecule has 0 saturated carbocycles. The summed E-state index contributed by atoms with van der Waals surface area (Å²) in [5.41, 5.74) is 2.06. The smallest absolute Gasteiger partial charge is 0.220 e. The highest BCUT2D eigenvalue weighted by atomic mass is 35.5. The molecule has 26 heavy (non-hydrogen) atoms. The van der Waals surface area contributed by atoms with Crippen molar-refractivity contribution in [2.45, 2.75) is 26.7 Å². The molecule has 0 saturated heterocycles. The summed E-state index contributed by atoms with van der Waals surface area (Å²) in [7, 11) is 0. The summed E-state index contributed by atoms with van der Waals surface area (Å²) in [5, 5.41) is 8.96. The number of ether oxygens (including phenoxy) is 2. The topological polar surface area (TPSA) is 57.4 Å². The van der Waals surface area contributed by atoms with Crippen LogP contribution in [0.3, 0.4) is 0 Å². The van der Waals surface area contributed by atoms with Gasteiger partial charge in [0.05, 0.1) is 26.1 Å². The lowest BCUT2D eigenvalue weighted by molar-refractivity contribution is 0.287. The zero-order valence-electron chi connectivity index (χ0n) is 14.9. The summed E-state index contributed by atoms with van der Waals surface area (Å²) < 4.78 is 17.0.